The quantitative estimate of drug-likeness (QED) is 0.0910. The van der Waals surface area contributed by atoms with E-state index >= 15 is 0 Å². The Labute approximate surface area is 337 Å². The SMILES string of the molecule is Cc1cc(-c2ncn(/C=C(/C(=O)O)c3ccoc3)n2)cc(C(F)(F)F)c1.Cc1cc(-c2ncn(/C=C(/C(=O)OC(C)C)c3ccoc3)n2)cc(C(F)(F)F)c1.O.[Li+].[OH-]. The van der Waals surface area contributed by atoms with E-state index in [0.717, 1.165) is 28.9 Å². The number of carboxylic acids is 1. The molecule has 4 aromatic heterocycles. The number of nitrogens with zero attached hydrogens (tertiary/aromatic N) is 6. The van der Waals surface area contributed by atoms with Crippen molar-refractivity contribution in [3.05, 3.63) is 120 Å². The van der Waals surface area contributed by atoms with E-state index in [-0.39, 0.29) is 69.8 Å². The maximum atomic E-state index is 13.1. The van der Waals surface area contributed by atoms with E-state index in [0.29, 0.717) is 22.3 Å². The van der Waals surface area contributed by atoms with E-state index < -0.39 is 35.4 Å². The summed E-state index contributed by atoms with van der Waals surface area (Å²) in [6.45, 7) is 6.54. The number of aliphatic carboxylic acids is 1. The summed E-state index contributed by atoms with van der Waals surface area (Å²) in [7, 11) is 0. The Morgan fingerprint density at radius 2 is 1.16 bits per heavy atom. The number of alkyl halides is 6. The van der Waals surface area contributed by atoms with Crippen molar-refractivity contribution < 1.29 is 84.4 Å². The van der Waals surface area contributed by atoms with Crippen LogP contribution in [0, 0.1) is 13.8 Å². The minimum atomic E-state index is -4.49. The Hall–Kier alpha value is -6.20. The molecule has 4 heterocycles. The molecule has 302 valence electrons. The van der Waals surface area contributed by atoms with Crippen LogP contribution < -0.4 is 18.9 Å². The zero-order valence-electron chi connectivity index (χ0n) is 31.2. The van der Waals surface area contributed by atoms with Crippen molar-refractivity contribution in [2.75, 3.05) is 0 Å². The van der Waals surface area contributed by atoms with Gasteiger partial charge in [-0.1, -0.05) is 0 Å². The maximum Gasteiger partial charge on any atom is 1.00 e. The predicted octanol–water partition coefficient (Wildman–Crippen LogP) is 4.77. The monoisotopic (exact) mass is 810 g/mol. The van der Waals surface area contributed by atoms with E-state index in [4.69, 9.17) is 13.6 Å². The topological polar surface area (TPSA) is 213 Å². The van der Waals surface area contributed by atoms with Crippen LogP contribution in [0.4, 0.5) is 26.3 Å². The van der Waals surface area contributed by atoms with Crippen LogP contribution >= 0.6 is 0 Å². The fourth-order valence-corrected chi connectivity index (χ4v) is 4.97. The summed E-state index contributed by atoms with van der Waals surface area (Å²) < 4.78 is 95.6. The van der Waals surface area contributed by atoms with Gasteiger partial charge in [0.15, 0.2) is 11.6 Å². The smallest absolute Gasteiger partial charge is 0.870 e. The van der Waals surface area contributed by atoms with Gasteiger partial charge in [0.25, 0.3) is 0 Å². The van der Waals surface area contributed by atoms with Crippen LogP contribution in [0.5, 0.6) is 0 Å². The van der Waals surface area contributed by atoms with Crippen molar-refractivity contribution in [3.63, 3.8) is 0 Å². The minimum Gasteiger partial charge on any atom is -0.870 e. The van der Waals surface area contributed by atoms with E-state index in [1.807, 2.05) is 0 Å². The number of halogens is 6. The Balaban J connectivity index is 0.000000382. The summed E-state index contributed by atoms with van der Waals surface area (Å²) in [6, 6.07) is 10.1. The zero-order valence-corrected chi connectivity index (χ0v) is 31.2. The van der Waals surface area contributed by atoms with Crippen molar-refractivity contribution in [2.24, 2.45) is 0 Å². The molecule has 0 amide bonds. The van der Waals surface area contributed by atoms with Crippen LogP contribution in [0.1, 0.15) is 47.2 Å². The van der Waals surface area contributed by atoms with E-state index in [9.17, 15) is 41.0 Å². The third kappa shape index (κ3) is 12.4. The van der Waals surface area contributed by atoms with Gasteiger partial charge in [0.2, 0.25) is 0 Å². The molecule has 4 N–H and O–H groups in total. The van der Waals surface area contributed by atoms with Crippen molar-refractivity contribution in [3.8, 4) is 22.8 Å². The standard InChI is InChI=1S/C20H18F3N3O3.C17H12F3N3O3.Li.2H2O/c1-12(2)29-19(27)17(14-4-5-28-10-14)9-26-11-24-18(25-26)15-6-13(3)7-16(8-15)20(21,22)23;1-10-4-12(6-13(5-10)17(18,19)20)15-21-9-23(22-15)7-14(16(24)25)11-2-3-26-8-11;;;/h4-12H,1-3H3;2-9H,1H3,(H,24,25);;2*1H2/q;;+1;;/p-1/b17-9+;14-7+;;;. The molecule has 6 aromatic rings. The molecule has 0 aliphatic carbocycles. The van der Waals surface area contributed by atoms with Crippen LogP contribution in [-0.4, -0.2) is 63.6 Å². The number of hydrogen-bond donors (Lipinski definition) is 1. The van der Waals surface area contributed by atoms with Gasteiger partial charge < -0.3 is 29.6 Å². The van der Waals surface area contributed by atoms with E-state index in [2.05, 4.69) is 20.2 Å². The number of ether oxygens (including phenoxy) is 1. The van der Waals surface area contributed by atoms with Gasteiger partial charge in [-0.2, -0.15) is 26.3 Å². The summed E-state index contributed by atoms with van der Waals surface area (Å²) in [4.78, 5) is 31.8. The van der Waals surface area contributed by atoms with E-state index in [1.165, 1.54) is 73.8 Å². The Morgan fingerprint density at radius 3 is 1.52 bits per heavy atom. The summed E-state index contributed by atoms with van der Waals surface area (Å²) in [5, 5.41) is 17.5. The Bertz CT molecular complexity index is 2350. The van der Waals surface area contributed by atoms with Gasteiger partial charge in [0.1, 0.15) is 12.7 Å². The number of hydrogen-bond acceptors (Lipinski definition) is 10. The molecule has 0 fully saturated rings. The molecule has 0 aliphatic heterocycles. The van der Waals surface area contributed by atoms with Crippen LogP contribution in [0.25, 0.3) is 46.3 Å². The molecule has 0 atom stereocenters. The zero-order chi connectivity index (χ0) is 40.1. The molecular formula is C37H33F6LiN6O8. The molecule has 21 heteroatoms. The average Bonchev–Trinajstić information content (AvgIpc) is 3.93. The number of rotatable bonds is 9. The van der Waals surface area contributed by atoms with Crippen LogP contribution in [0.2, 0.25) is 0 Å². The van der Waals surface area contributed by atoms with Crippen molar-refractivity contribution in [1.82, 2.24) is 29.5 Å². The predicted molar refractivity (Wildman–Crippen MR) is 191 cm³/mol. The molecule has 58 heavy (non-hydrogen) atoms. The Kier molecular flexibility index (Phi) is 16.4. The van der Waals surface area contributed by atoms with E-state index in [1.54, 1.807) is 32.9 Å². The fourth-order valence-electron chi connectivity index (χ4n) is 4.97. The number of benzene rings is 2. The first kappa shape index (κ1) is 47.9. The van der Waals surface area contributed by atoms with Crippen LogP contribution in [0.15, 0.2) is 95.1 Å². The van der Waals surface area contributed by atoms with Gasteiger partial charge in [-0.05, 0) is 87.4 Å². The van der Waals surface area contributed by atoms with Crippen LogP contribution in [-0.2, 0) is 26.7 Å². The number of carbonyl (C=O) groups excluding carboxylic acids is 1. The Morgan fingerprint density at radius 1 is 0.741 bits per heavy atom. The largest absolute Gasteiger partial charge is 1.00 e. The second-order valence-electron chi connectivity index (χ2n) is 12.1. The van der Waals surface area contributed by atoms with Crippen molar-refractivity contribution >= 4 is 35.5 Å². The summed E-state index contributed by atoms with van der Waals surface area (Å²) in [5.74, 6) is -1.65. The summed E-state index contributed by atoms with van der Waals surface area (Å²) in [6.07, 6.45) is 1.17. The molecule has 0 aliphatic rings. The summed E-state index contributed by atoms with van der Waals surface area (Å²) >= 11 is 0. The first-order chi connectivity index (χ1) is 25.9. The molecule has 0 bridgehead atoms. The number of carboxylic acid groups (broad SMARTS) is 1. The first-order valence-corrected chi connectivity index (χ1v) is 16.0. The molecule has 0 radical (unpaired) electrons. The third-order valence-electron chi connectivity index (χ3n) is 7.32. The molecule has 2 aromatic carbocycles. The van der Waals surface area contributed by atoms with Gasteiger partial charge in [0.05, 0.1) is 53.4 Å². The molecular weight excluding hydrogens is 777 g/mol. The van der Waals surface area contributed by atoms with Crippen molar-refractivity contribution in [2.45, 2.75) is 46.2 Å². The number of aryl methyl sites for hydroxylation is 2. The number of carbonyl (C=O) groups is 2. The maximum absolute atomic E-state index is 13.1. The molecule has 14 nitrogen and oxygen atoms in total. The molecule has 0 spiro atoms. The fraction of sp³-hybridized carbons (Fsp3) is 0.189. The van der Waals surface area contributed by atoms with Crippen LogP contribution in [0.3, 0.4) is 0 Å². The van der Waals surface area contributed by atoms with Gasteiger partial charge in [-0.25, -0.2) is 28.9 Å². The number of esters is 1. The van der Waals surface area contributed by atoms with Gasteiger partial charge >= 0.3 is 43.2 Å². The normalized spacial score (nSPS) is 11.8. The number of furan rings is 2. The van der Waals surface area contributed by atoms with Gasteiger partial charge in [0, 0.05) is 34.7 Å². The molecule has 0 saturated heterocycles. The second kappa shape index (κ2) is 19.8. The van der Waals surface area contributed by atoms with Crippen molar-refractivity contribution in [1.29, 1.82) is 0 Å². The second-order valence-corrected chi connectivity index (χ2v) is 12.1. The summed E-state index contributed by atoms with van der Waals surface area (Å²) in [5.41, 5.74) is 0.533. The average molecular weight is 811 g/mol. The van der Waals surface area contributed by atoms with Gasteiger partial charge in [-0.3, -0.25) is 0 Å². The van der Waals surface area contributed by atoms with Gasteiger partial charge in [-0.15, -0.1) is 10.2 Å². The number of aromatic nitrogens is 6. The molecule has 0 saturated carbocycles. The first-order valence-electron chi connectivity index (χ1n) is 16.0. The molecule has 6 rings (SSSR count). The molecule has 0 unspecified atom stereocenters. The minimum absolute atomic E-state index is 0. The third-order valence-corrected chi connectivity index (χ3v) is 7.32.